The van der Waals surface area contributed by atoms with Crippen LogP contribution in [0.15, 0.2) is 54.6 Å². The molecule has 7 heteroatoms. The third-order valence-corrected chi connectivity index (χ3v) is 4.45. The fraction of sp³-hybridized carbons (Fsp3) is 0.250. The van der Waals surface area contributed by atoms with Gasteiger partial charge in [0.15, 0.2) is 5.82 Å². The Bertz CT molecular complexity index is 916. The van der Waals surface area contributed by atoms with E-state index in [9.17, 15) is 4.79 Å². The second-order valence-electron chi connectivity index (χ2n) is 6.14. The zero-order valence-electron chi connectivity index (χ0n) is 15.0. The van der Waals surface area contributed by atoms with Crippen molar-refractivity contribution in [2.45, 2.75) is 0 Å². The quantitative estimate of drug-likeness (QED) is 0.711. The van der Waals surface area contributed by atoms with Crippen LogP contribution in [0.25, 0.3) is 17.1 Å². The van der Waals surface area contributed by atoms with Gasteiger partial charge < -0.3 is 14.4 Å². The lowest BCUT2D eigenvalue weighted by atomic mass is 10.2. The van der Waals surface area contributed by atoms with Gasteiger partial charge in [-0.3, -0.25) is 4.79 Å². The molecule has 0 N–H and O–H groups in total. The fourth-order valence-electron chi connectivity index (χ4n) is 2.99. The van der Waals surface area contributed by atoms with E-state index in [1.54, 1.807) is 16.7 Å². The van der Waals surface area contributed by atoms with Gasteiger partial charge in [0.1, 0.15) is 5.75 Å². The van der Waals surface area contributed by atoms with Crippen LogP contribution < -0.4 is 4.74 Å². The first-order chi connectivity index (χ1) is 13.3. The number of carbonyl (C=O) groups excluding carboxylic acids is 1. The highest BCUT2D eigenvalue weighted by molar-refractivity contribution is 5.91. The molecule has 1 aromatic heterocycles. The third-order valence-electron chi connectivity index (χ3n) is 4.45. The normalized spacial score (nSPS) is 14.2. The van der Waals surface area contributed by atoms with Crippen molar-refractivity contribution in [2.75, 3.05) is 33.4 Å². The Morgan fingerprint density at radius 1 is 1.04 bits per heavy atom. The van der Waals surface area contributed by atoms with Crippen molar-refractivity contribution in [3.8, 4) is 22.8 Å². The Kier molecular flexibility index (Phi) is 4.84. The number of hydrogen-bond acceptors (Lipinski definition) is 5. The lowest BCUT2D eigenvalue weighted by Gasteiger charge is -2.25. The summed E-state index contributed by atoms with van der Waals surface area (Å²) in [6.45, 7) is 2.18. The third kappa shape index (κ3) is 3.54. The van der Waals surface area contributed by atoms with Gasteiger partial charge in [0, 0.05) is 18.7 Å². The van der Waals surface area contributed by atoms with E-state index in [0.29, 0.717) is 32.1 Å². The summed E-state index contributed by atoms with van der Waals surface area (Å²) in [5, 5.41) is 4.52. The van der Waals surface area contributed by atoms with E-state index in [1.807, 2.05) is 54.6 Å². The maximum Gasteiger partial charge on any atom is 0.293 e. The molecule has 0 bridgehead atoms. The monoisotopic (exact) mass is 364 g/mol. The number of morpholine rings is 1. The van der Waals surface area contributed by atoms with Crippen LogP contribution in [0.4, 0.5) is 0 Å². The van der Waals surface area contributed by atoms with Crippen LogP contribution in [0.3, 0.4) is 0 Å². The molecule has 1 fully saturated rings. The highest BCUT2D eigenvalue weighted by atomic mass is 16.5. The van der Waals surface area contributed by atoms with Crippen molar-refractivity contribution < 1.29 is 14.3 Å². The molecule has 0 spiro atoms. The van der Waals surface area contributed by atoms with Gasteiger partial charge in [-0.2, -0.15) is 0 Å². The van der Waals surface area contributed by atoms with E-state index in [1.165, 1.54) is 0 Å². The summed E-state index contributed by atoms with van der Waals surface area (Å²) in [6, 6.07) is 17.2. The number of aromatic nitrogens is 3. The zero-order chi connectivity index (χ0) is 18.6. The molecule has 7 nitrogen and oxygen atoms in total. The first-order valence-electron chi connectivity index (χ1n) is 8.80. The van der Waals surface area contributed by atoms with Gasteiger partial charge in [-0.25, -0.2) is 9.67 Å². The van der Waals surface area contributed by atoms with Crippen LogP contribution in [0.5, 0.6) is 5.75 Å². The van der Waals surface area contributed by atoms with Crippen LogP contribution in [0.1, 0.15) is 10.6 Å². The minimum absolute atomic E-state index is 0.178. The Morgan fingerprint density at radius 2 is 1.74 bits per heavy atom. The zero-order valence-corrected chi connectivity index (χ0v) is 15.0. The summed E-state index contributed by atoms with van der Waals surface area (Å²) in [5.74, 6) is 1.39. The van der Waals surface area contributed by atoms with Crippen LogP contribution in [-0.4, -0.2) is 59.0 Å². The van der Waals surface area contributed by atoms with Crippen LogP contribution in [0, 0.1) is 0 Å². The number of nitrogens with zero attached hydrogens (tertiary/aromatic N) is 4. The lowest BCUT2D eigenvalue weighted by molar-refractivity contribution is 0.0295. The molecule has 0 unspecified atom stereocenters. The lowest BCUT2D eigenvalue weighted by Crippen LogP contribution is -2.41. The molecular weight excluding hydrogens is 344 g/mol. The van der Waals surface area contributed by atoms with Gasteiger partial charge in [0.2, 0.25) is 5.82 Å². The average Bonchev–Trinajstić information content (AvgIpc) is 3.20. The predicted molar refractivity (Wildman–Crippen MR) is 100 cm³/mol. The molecule has 0 saturated carbocycles. The number of benzene rings is 2. The molecule has 1 saturated heterocycles. The van der Waals surface area contributed by atoms with Crippen molar-refractivity contribution in [3.63, 3.8) is 0 Å². The minimum atomic E-state index is -0.178. The highest BCUT2D eigenvalue weighted by Crippen LogP contribution is 2.23. The van der Waals surface area contributed by atoms with Gasteiger partial charge in [-0.15, -0.1) is 5.10 Å². The summed E-state index contributed by atoms with van der Waals surface area (Å²) in [4.78, 5) is 19.1. The molecule has 0 atom stereocenters. The Balaban J connectivity index is 1.75. The highest BCUT2D eigenvalue weighted by Gasteiger charge is 2.24. The number of ether oxygens (including phenoxy) is 2. The van der Waals surface area contributed by atoms with Gasteiger partial charge in [-0.05, 0) is 24.3 Å². The summed E-state index contributed by atoms with van der Waals surface area (Å²) in [5.41, 5.74) is 1.70. The largest absolute Gasteiger partial charge is 0.497 e. The average molecular weight is 364 g/mol. The SMILES string of the molecule is COc1ccc(-n2nc(C(=O)N3CCOCC3)nc2-c2ccccc2)cc1. The number of methoxy groups -OCH3 is 1. The Labute approximate surface area is 157 Å². The Hall–Kier alpha value is -3.19. The molecule has 3 aromatic rings. The van der Waals surface area contributed by atoms with Crippen molar-refractivity contribution >= 4 is 5.91 Å². The van der Waals surface area contributed by atoms with Gasteiger partial charge in [-0.1, -0.05) is 30.3 Å². The molecule has 27 heavy (non-hydrogen) atoms. The second-order valence-corrected chi connectivity index (χ2v) is 6.14. The molecule has 138 valence electrons. The molecule has 0 aliphatic carbocycles. The number of amides is 1. The molecule has 4 rings (SSSR count). The summed E-state index contributed by atoms with van der Waals surface area (Å²) >= 11 is 0. The Morgan fingerprint density at radius 3 is 2.41 bits per heavy atom. The van der Waals surface area contributed by atoms with Crippen molar-refractivity contribution in [2.24, 2.45) is 0 Å². The van der Waals surface area contributed by atoms with E-state index < -0.39 is 0 Å². The predicted octanol–water partition coefficient (Wildman–Crippen LogP) is 2.42. The van der Waals surface area contributed by atoms with E-state index in [0.717, 1.165) is 17.0 Å². The maximum atomic E-state index is 12.8. The van der Waals surface area contributed by atoms with Gasteiger partial charge in [0.05, 0.1) is 26.0 Å². The maximum absolute atomic E-state index is 12.8. The molecule has 2 heterocycles. The molecule has 1 aliphatic rings. The van der Waals surface area contributed by atoms with Gasteiger partial charge >= 0.3 is 0 Å². The van der Waals surface area contributed by atoms with Crippen LogP contribution in [0.2, 0.25) is 0 Å². The molecule has 0 radical (unpaired) electrons. The smallest absolute Gasteiger partial charge is 0.293 e. The van der Waals surface area contributed by atoms with E-state index in [2.05, 4.69) is 10.1 Å². The molecule has 1 aliphatic heterocycles. The fourth-order valence-corrected chi connectivity index (χ4v) is 2.99. The number of carbonyl (C=O) groups is 1. The van der Waals surface area contributed by atoms with Crippen LogP contribution in [-0.2, 0) is 4.74 Å². The molecule has 2 aromatic carbocycles. The molecule has 1 amide bonds. The van der Waals surface area contributed by atoms with E-state index >= 15 is 0 Å². The standard InChI is InChI=1S/C20H20N4O3/c1-26-17-9-7-16(8-10-17)24-19(15-5-3-2-4-6-15)21-18(22-24)20(25)23-11-13-27-14-12-23/h2-10H,11-14H2,1H3. The van der Waals surface area contributed by atoms with Gasteiger partial charge in [0.25, 0.3) is 5.91 Å². The van der Waals surface area contributed by atoms with E-state index in [-0.39, 0.29) is 11.7 Å². The minimum Gasteiger partial charge on any atom is -0.497 e. The van der Waals surface area contributed by atoms with Crippen LogP contribution >= 0.6 is 0 Å². The number of hydrogen-bond donors (Lipinski definition) is 0. The summed E-state index contributed by atoms with van der Waals surface area (Å²) < 4.78 is 12.2. The van der Waals surface area contributed by atoms with Crippen molar-refractivity contribution in [3.05, 3.63) is 60.4 Å². The first-order valence-corrected chi connectivity index (χ1v) is 8.80. The van der Waals surface area contributed by atoms with Crippen molar-refractivity contribution in [1.82, 2.24) is 19.7 Å². The number of rotatable bonds is 4. The first kappa shape index (κ1) is 17.2. The second kappa shape index (κ2) is 7.59. The summed E-state index contributed by atoms with van der Waals surface area (Å²) in [7, 11) is 1.62. The topological polar surface area (TPSA) is 69.5 Å². The molecular formula is C20H20N4O3. The summed E-state index contributed by atoms with van der Waals surface area (Å²) in [6.07, 6.45) is 0. The van der Waals surface area contributed by atoms with Crippen molar-refractivity contribution in [1.29, 1.82) is 0 Å². The van der Waals surface area contributed by atoms with E-state index in [4.69, 9.17) is 9.47 Å².